The van der Waals surface area contributed by atoms with Gasteiger partial charge in [0.05, 0.1) is 0 Å². The van der Waals surface area contributed by atoms with Crippen molar-refractivity contribution in [2.24, 2.45) is 4.99 Å². The first-order valence-electron chi connectivity index (χ1n) is 6.98. The molecule has 0 aromatic heterocycles. The molecule has 0 saturated carbocycles. The van der Waals surface area contributed by atoms with Crippen LogP contribution in [0.2, 0.25) is 0 Å². The number of nitrogens with zero attached hydrogens (tertiary/aromatic N) is 1. The highest BCUT2D eigenvalue weighted by atomic mass is 32.2. The fourth-order valence-electron chi connectivity index (χ4n) is 1.79. The second-order valence-electron chi connectivity index (χ2n) is 4.91. The van der Waals surface area contributed by atoms with E-state index in [0.29, 0.717) is 5.17 Å². The molecule has 1 aromatic rings. The van der Waals surface area contributed by atoms with Gasteiger partial charge in [0.1, 0.15) is 5.25 Å². The van der Waals surface area contributed by atoms with E-state index in [2.05, 4.69) is 15.6 Å². The lowest BCUT2D eigenvalue weighted by Crippen LogP contribution is -2.28. The smallest absolute Gasteiger partial charge is 0.240 e. The lowest BCUT2D eigenvalue weighted by Gasteiger charge is -2.07. The van der Waals surface area contributed by atoms with E-state index in [1.54, 1.807) is 0 Å². The fraction of sp³-hybridized carbons (Fsp3) is 0.400. The predicted molar refractivity (Wildman–Crippen MR) is 86.4 cm³/mol. The van der Waals surface area contributed by atoms with Crippen LogP contribution in [0.3, 0.4) is 0 Å². The van der Waals surface area contributed by atoms with Crippen LogP contribution >= 0.6 is 11.8 Å². The molecule has 2 amide bonds. The molecule has 112 valence electrons. The SMILES string of the molecule is CC[C@@H](C)N=C1NC(=O)[C@H](CC(=O)Nc2ccccc2)S1. The molecule has 0 aliphatic carbocycles. The number of carbonyl (C=O) groups excluding carboxylic acids is 2. The van der Waals surface area contributed by atoms with Crippen molar-refractivity contribution in [3.8, 4) is 0 Å². The number of para-hydroxylation sites is 1. The highest BCUT2D eigenvalue weighted by Gasteiger charge is 2.32. The zero-order chi connectivity index (χ0) is 15.2. The Balaban J connectivity index is 1.90. The number of benzene rings is 1. The van der Waals surface area contributed by atoms with E-state index in [-0.39, 0.29) is 24.3 Å². The summed E-state index contributed by atoms with van der Waals surface area (Å²) in [7, 11) is 0. The number of aliphatic imine (C=N–C) groups is 1. The van der Waals surface area contributed by atoms with Crippen molar-refractivity contribution in [2.75, 3.05) is 5.32 Å². The van der Waals surface area contributed by atoms with Crippen LogP contribution in [0, 0.1) is 0 Å². The molecular formula is C15H19N3O2S. The van der Waals surface area contributed by atoms with Crippen LogP contribution in [0.25, 0.3) is 0 Å². The second-order valence-corrected chi connectivity index (χ2v) is 6.10. The molecule has 1 heterocycles. The summed E-state index contributed by atoms with van der Waals surface area (Å²) in [5.41, 5.74) is 0.736. The van der Waals surface area contributed by atoms with Gasteiger partial charge in [0.2, 0.25) is 11.8 Å². The summed E-state index contributed by atoms with van der Waals surface area (Å²) in [5, 5.41) is 5.73. The second kappa shape index (κ2) is 7.26. The number of anilines is 1. The first-order valence-corrected chi connectivity index (χ1v) is 7.86. The molecular weight excluding hydrogens is 286 g/mol. The number of carbonyl (C=O) groups is 2. The summed E-state index contributed by atoms with van der Waals surface area (Å²) >= 11 is 1.33. The minimum atomic E-state index is -0.406. The molecule has 1 fully saturated rings. The Hall–Kier alpha value is -1.82. The molecule has 2 atom stereocenters. The van der Waals surface area contributed by atoms with Crippen LogP contribution in [0.4, 0.5) is 5.69 Å². The van der Waals surface area contributed by atoms with E-state index in [9.17, 15) is 9.59 Å². The van der Waals surface area contributed by atoms with Gasteiger partial charge < -0.3 is 10.6 Å². The summed E-state index contributed by atoms with van der Waals surface area (Å²) in [6, 6.07) is 9.39. The van der Waals surface area contributed by atoms with Crippen LogP contribution in [-0.2, 0) is 9.59 Å². The highest BCUT2D eigenvalue weighted by Crippen LogP contribution is 2.23. The number of nitrogens with one attached hydrogen (secondary N) is 2. The van der Waals surface area contributed by atoms with Gasteiger partial charge in [-0.05, 0) is 25.5 Å². The summed E-state index contributed by atoms with van der Waals surface area (Å²) in [5.74, 6) is -0.316. The van der Waals surface area contributed by atoms with Gasteiger partial charge in [-0.3, -0.25) is 14.6 Å². The quantitative estimate of drug-likeness (QED) is 0.877. The number of hydrogen-bond acceptors (Lipinski definition) is 4. The molecule has 1 saturated heterocycles. The molecule has 0 spiro atoms. The van der Waals surface area contributed by atoms with Crippen LogP contribution in [-0.4, -0.2) is 28.3 Å². The molecule has 2 rings (SSSR count). The van der Waals surface area contributed by atoms with Gasteiger partial charge in [-0.1, -0.05) is 36.9 Å². The fourth-order valence-corrected chi connectivity index (χ4v) is 2.86. The van der Waals surface area contributed by atoms with Crippen molar-refractivity contribution in [1.29, 1.82) is 0 Å². The molecule has 1 aliphatic rings. The standard InChI is InChI=1S/C15H19N3O2S/c1-3-10(2)16-15-18-14(20)12(21-15)9-13(19)17-11-7-5-4-6-8-11/h4-8,10,12H,3,9H2,1-2H3,(H,17,19)(H,16,18,20)/t10-,12+/m1/s1. The molecule has 2 N–H and O–H groups in total. The molecule has 1 aliphatic heterocycles. The maximum atomic E-state index is 12.0. The van der Waals surface area contributed by atoms with Gasteiger partial charge in [0.25, 0.3) is 0 Å². The van der Waals surface area contributed by atoms with Gasteiger partial charge >= 0.3 is 0 Å². The topological polar surface area (TPSA) is 70.6 Å². The van der Waals surface area contributed by atoms with Crippen LogP contribution in [0.15, 0.2) is 35.3 Å². The lowest BCUT2D eigenvalue weighted by molar-refractivity contribution is -0.122. The summed E-state index contributed by atoms with van der Waals surface area (Å²) < 4.78 is 0. The molecule has 0 unspecified atom stereocenters. The van der Waals surface area contributed by atoms with E-state index in [0.717, 1.165) is 12.1 Å². The highest BCUT2D eigenvalue weighted by molar-refractivity contribution is 8.15. The molecule has 1 aromatic carbocycles. The summed E-state index contributed by atoms with van der Waals surface area (Å²) in [6.07, 6.45) is 1.06. The van der Waals surface area contributed by atoms with E-state index >= 15 is 0 Å². The van der Waals surface area contributed by atoms with Crippen LogP contribution in [0.1, 0.15) is 26.7 Å². The van der Waals surface area contributed by atoms with E-state index in [1.165, 1.54) is 11.8 Å². The minimum Gasteiger partial charge on any atom is -0.326 e. The predicted octanol–water partition coefficient (Wildman–Crippen LogP) is 2.40. The Bertz CT molecular complexity index is 545. The van der Waals surface area contributed by atoms with Crippen LogP contribution < -0.4 is 10.6 Å². The van der Waals surface area contributed by atoms with E-state index in [4.69, 9.17) is 0 Å². The van der Waals surface area contributed by atoms with Crippen LogP contribution in [0.5, 0.6) is 0 Å². The maximum absolute atomic E-state index is 12.0. The molecule has 5 nitrogen and oxygen atoms in total. The Morgan fingerprint density at radius 3 is 2.81 bits per heavy atom. The Morgan fingerprint density at radius 2 is 2.14 bits per heavy atom. The third-order valence-corrected chi connectivity index (χ3v) is 4.23. The zero-order valence-corrected chi connectivity index (χ0v) is 12.9. The van der Waals surface area contributed by atoms with Gasteiger partial charge in [0, 0.05) is 18.2 Å². The normalized spacial score (nSPS) is 21.1. The van der Waals surface area contributed by atoms with Crippen molar-refractivity contribution in [3.63, 3.8) is 0 Å². The largest absolute Gasteiger partial charge is 0.326 e. The molecule has 6 heteroatoms. The number of thioether (sulfide) groups is 1. The number of rotatable bonds is 5. The first-order chi connectivity index (χ1) is 10.1. The molecule has 0 bridgehead atoms. The number of hydrogen-bond donors (Lipinski definition) is 2. The van der Waals surface area contributed by atoms with Gasteiger partial charge in [-0.15, -0.1) is 0 Å². The summed E-state index contributed by atoms with van der Waals surface area (Å²) in [6.45, 7) is 4.04. The van der Waals surface area contributed by atoms with Gasteiger partial charge in [0.15, 0.2) is 5.17 Å². The Kier molecular flexibility index (Phi) is 5.38. The van der Waals surface area contributed by atoms with Crippen molar-refractivity contribution in [3.05, 3.63) is 30.3 Å². The van der Waals surface area contributed by atoms with Gasteiger partial charge in [-0.25, -0.2) is 0 Å². The van der Waals surface area contributed by atoms with Gasteiger partial charge in [-0.2, -0.15) is 0 Å². The summed E-state index contributed by atoms with van der Waals surface area (Å²) in [4.78, 5) is 28.2. The average Bonchev–Trinajstić information content (AvgIpc) is 2.79. The third-order valence-electron chi connectivity index (χ3n) is 3.13. The van der Waals surface area contributed by atoms with E-state index in [1.807, 2.05) is 44.2 Å². The zero-order valence-electron chi connectivity index (χ0n) is 12.1. The van der Waals surface area contributed by atoms with Crippen molar-refractivity contribution < 1.29 is 9.59 Å². The maximum Gasteiger partial charge on any atom is 0.240 e. The third kappa shape index (κ3) is 4.60. The number of amidine groups is 1. The average molecular weight is 305 g/mol. The monoisotopic (exact) mass is 305 g/mol. The minimum absolute atomic E-state index is 0.144. The Morgan fingerprint density at radius 1 is 1.43 bits per heavy atom. The lowest BCUT2D eigenvalue weighted by atomic mass is 10.2. The first kappa shape index (κ1) is 15.6. The van der Waals surface area contributed by atoms with Crippen molar-refractivity contribution >= 4 is 34.4 Å². The number of amides is 2. The molecule has 21 heavy (non-hydrogen) atoms. The van der Waals surface area contributed by atoms with E-state index < -0.39 is 5.25 Å². The van der Waals surface area contributed by atoms with Crippen molar-refractivity contribution in [2.45, 2.75) is 38.0 Å². The molecule has 0 radical (unpaired) electrons. The van der Waals surface area contributed by atoms with Crippen molar-refractivity contribution in [1.82, 2.24) is 5.32 Å². The Labute approximate surface area is 128 Å².